The molecule has 1 saturated heterocycles. The van der Waals surface area contributed by atoms with Crippen LogP contribution in [0.15, 0.2) is 40.9 Å². The second-order valence-electron chi connectivity index (χ2n) is 7.08. The normalized spacial score (nSPS) is 14.0. The Morgan fingerprint density at radius 2 is 1.85 bits per heavy atom. The van der Waals surface area contributed by atoms with E-state index in [-0.39, 0.29) is 5.91 Å². The molecule has 6 heteroatoms. The molecule has 1 aliphatic heterocycles. The fourth-order valence-corrected chi connectivity index (χ4v) is 3.81. The number of benzene rings is 1. The number of carbonyl (C=O) groups is 1. The van der Waals surface area contributed by atoms with Crippen molar-refractivity contribution in [2.45, 2.75) is 33.6 Å². The van der Waals surface area contributed by atoms with Crippen LogP contribution in [0.25, 0.3) is 5.82 Å². The Labute approximate surface area is 158 Å². The lowest BCUT2D eigenvalue weighted by atomic mass is 10.2. The number of aromatic nitrogens is 2. The molecule has 140 valence electrons. The van der Waals surface area contributed by atoms with E-state index in [0.29, 0.717) is 11.4 Å². The van der Waals surface area contributed by atoms with Gasteiger partial charge in [-0.05, 0) is 51.8 Å². The van der Waals surface area contributed by atoms with E-state index in [0.717, 1.165) is 41.6 Å². The summed E-state index contributed by atoms with van der Waals surface area (Å²) in [7, 11) is 0. The molecule has 1 amide bonds. The molecule has 3 aromatic rings. The van der Waals surface area contributed by atoms with E-state index in [4.69, 9.17) is 4.52 Å². The third-order valence-electron chi connectivity index (χ3n) is 5.12. The second kappa shape index (κ2) is 6.95. The Morgan fingerprint density at radius 1 is 1.11 bits per heavy atom. The first kappa shape index (κ1) is 17.4. The molecule has 0 unspecified atom stereocenters. The Balaban J connectivity index is 1.63. The lowest BCUT2D eigenvalue weighted by Gasteiger charge is -2.21. The number of amides is 1. The number of nitrogens with one attached hydrogen (secondary N) is 1. The van der Waals surface area contributed by atoms with Gasteiger partial charge in [0.15, 0.2) is 5.82 Å². The van der Waals surface area contributed by atoms with Crippen LogP contribution in [0.1, 0.15) is 40.3 Å². The maximum Gasteiger partial charge on any atom is 0.257 e. The van der Waals surface area contributed by atoms with Crippen molar-refractivity contribution in [2.75, 3.05) is 23.3 Å². The first-order valence-electron chi connectivity index (χ1n) is 9.32. The van der Waals surface area contributed by atoms with Crippen molar-refractivity contribution in [3.05, 3.63) is 59.1 Å². The van der Waals surface area contributed by atoms with Crippen LogP contribution in [0.2, 0.25) is 0 Å². The molecule has 3 heterocycles. The Kier molecular flexibility index (Phi) is 4.48. The highest BCUT2D eigenvalue weighted by atomic mass is 16.5. The predicted octanol–water partition coefficient (Wildman–Crippen LogP) is 4.24. The number of hydrogen-bond donors (Lipinski definition) is 1. The summed E-state index contributed by atoms with van der Waals surface area (Å²) in [6, 6.07) is 11.8. The van der Waals surface area contributed by atoms with Gasteiger partial charge in [0.25, 0.3) is 5.91 Å². The molecule has 6 nitrogen and oxygen atoms in total. The summed E-state index contributed by atoms with van der Waals surface area (Å²) in [6.45, 7) is 7.82. The molecule has 1 aromatic carbocycles. The molecule has 1 fully saturated rings. The highest BCUT2D eigenvalue weighted by Gasteiger charge is 2.21. The van der Waals surface area contributed by atoms with Crippen molar-refractivity contribution >= 4 is 17.3 Å². The van der Waals surface area contributed by atoms with E-state index in [1.807, 2.05) is 55.7 Å². The fraction of sp³-hybridized carbons (Fsp3) is 0.333. The third kappa shape index (κ3) is 3.23. The number of para-hydroxylation sites is 2. The number of rotatable bonds is 4. The molecular weight excluding hydrogens is 340 g/mol. The number of carbonyl (C=O) groups excluding carboxylic acids is 1. The van der Waals surface area contributed by atoms with E-state index < -0.39 is 0 Å². The molecule has 2 aromatic heterocycles. The van der Waals surface area contributed by atoms with Crippen molar-refractivity contribution in [3.8, 4) is 5.82 Å². The molecule has 0 radical (unpaired) electrons. The lowest BCUT2D eigenvalue weighted by Crippen LogP contribution is -2.21. The van der Waals surface area contributed by atoms with E-state index >= 15 is 0 Å². The predicted molar refractivity (Wildman–Crippen MR) is 106 cm³/mol. The number of aryl methyl sites for hydroxylation is 2. The standard InChI is InChI=1S/C21H24N4O2/c1-14-12-17(16(3)25(14)20-13-15(2)27-23-20)21(26)22-18-8-4-5-9-19(18)24-10-6-7-11-24/h4-5,8-9,12-13H,6-7,10-11H2,1-3H3,(H,22,26). The van der Waals surface area contributed by atoms with Gasteiger partial charge in [0, 0.05) is 30.5 Å². The average molecular weight is 364 g/mol. The highest BCUT2D eigenvalue weighted by Crippen LogP contribution is 2.29. The minimum atomic E-state index is -0.110. The first-order chi connectivity index (χ1) is 13.0. The van der Waals surface area contributed by atoms with Crippen molar-refractivity contribution in [1.29, 1.82) is 0 Å². The van der Waals surface area contributed by atoms with E-state index in [2.05, 4.69) is 21.4 Å². The molecule has 0 atom stereocenters. The Hall–Kier alpha value is -3.02. The summed E-state index contributed by atoms with van der Waals surface area (Å²) >= 11 is 0. The highest BCUT2D eigenvalue weighted by molar-refractivity contribution is 6.07. The zero-order valence-electron chi connectivity index (χ0n) is 16.0. The SMILES string of the molecule is Cc1cc(-n2c(C)cc(C(=O)Nc3ccccc3N3CCCC3)c2C)no1. The van der Waals surface area contributed by atoms with Crippen molar-refractivity contribution in [2.24, 2.45) is 0 Å². The molecule has 4 rings (SSSR count). The van der Waals surface area contributed by atoms with Crippen LogP contribution in [0.5, 0.6) is 0 Å². The monoisotopic (exact) mass is 364 g/mol. The summed E-state index contributed by atoms with van der Waals surface area (Å²) in [5.41, 5.74) is 4.37. The first-order valence-corrected chi connectivity index (χ1v) is 9.32. The maximum atomic E-state index is 13.0. The van der Waals surface area contributed by atoms with Crippen LogP contribution in [0.4, 0.5) is 11.4 Å². The van der Waals surface area contributed by atoms with Gasteiger partial charge in [0.1, 0.15) is 5.76 Å². The topological polar surface area (TPSA) is 63.3 Å². The van der Waals surface area contributed by atoms with Gasteiger partial charge in [-0.15, -0.1) is 0 Å². The molecule has 1 N–H and O–H groups in total. The van der Waals surface area contributed by atoms with Crippen LogP contribution < -0.4 is 10.2 Å². The van der Waals surface area contributed by atoms with Gasteiger partial charge in [0.2, 0.25) is 0 Å². The van der Waals surface area contributed by atoms with Crippen LogP contribution in [0, 0.1) is 20.8 Å². The molecule has 1 aliphatic rings. The number of anilines is 2. The number of hydrogen-bond acceptors (Lipinski definition) is 4. The lowest BCUT2D eigenvalue weighted by molar-refractivity contribution is 0.102. The molecule has 0 aliphatic carbocycles. The zero-order chi connectivity index (χ0) is 19.0. The van der Waals surface area contributed by atoms with Gasteiger partial charge in [-0.25, -0.2) is 0 Å². The fourth-order valence-electron chi connectivity index (χ4n) is 3.81. The molecule has 0 saturated carbocycles. The Morgan fingerprint density at radius 3 is 2.56 bits per heavy atom. The van der Waals surface area contributed by atoms with Gasteiger partial charge in [-0.2, -0.15) is 0 Å². The quantitative estimate of drug-likeness (QED) is 0.752. The van der Waals surface area contributed by atoms with Gasteiger partial charge >= 0.3 is 0 Å². The zero-order valence-corrected chi connectivity index (χ0v) is 16.0. The van der Waals surface area contributed by atoms with Crippen LogP contribution in [-0.2, 0) is 0 Å². The summed E-state index contributed by atoms with van der Waals surface area (Å²) in [4.78, 5) is 15.3. The van der Waals surface area contributed by atoms with Gasteiger partial charge in [-0.3, -0.25) is 9.36 Å². The van der Waals surface area contributed by atoms with Crippen LogP contribution in [-0.4, -0.2) is 28.7 Å². The third-order valence-corrected chi connectivity index (χ3v) is 5.12. The van der Waals surface area contributed by atoms with Gasteiger partial charge in [-0.1, -0.05) is 17.3 Å². The average Bonchev–Trinajstić information content (AvgIpc) is 3.37. The Bertz CT molecular complexity index is 980. The molecule has 0 spiro atoms. The minimum absolute atomic E-state index is 0.110. The van der Waals surface area contributed by atoms with Crippen LogP contribution in [0.3, 0.4) is 0 Å². The van der Waals surface area contributed by atoms with Crippen molar-refractivity contribution in [1.82, 2.24) is 9.72 Å². The summed E-state index contributed by atoms with van der Waals surface area (Å²) in [5, 5.41) is 7.18. The molecule has 27 heavy (non-hydrogen) atoms. The van der Waals surface area contributed by atoms with E-state index in [9.17, 15) is 4.79 Å². The molecular formula is C21H24N4O2. The van der Waals surface area contributed by atoms with Crippen LogP contribution >= 0.6 is 0 Å². The van der Waals surface area contributed by atoms with Crippen molar-refractivity contribution < 1.29 is 9.32 Å². The van der Waals surface area contributed by atoms with E-state index in [1.54, 1.807) is 0 Å². The largest absolute Gasteiger partial charge is 0.370 e. The summed E-state index contributed by atoms with van der Waals surface area (Å²) < 4.78 is 7.13. The van der Waals surface area contributed by atoms with Gasteiger partial charge < -0.3 is 14.7 Å². The second-order valence-corrected chi connectivity index (χ2v) is 7.08. The smallest absolute Gasteiger partial charge is 0.257 e. The summed E-state index contributed by atoms with van der Waals surface area (Å²) in [5.74, 6) is 1.32. The summed E-state index contributed by atoms with van der Waals surface area (Å²) in [6.07, 6.45) is 2.39. The molecule has 0 bridgehead atoms. The minimum Gasteiger partial charge on any atom is -0.370 e. The van der Waals surface area contributed by atoms with E-state index in [1.165, 1.54) is 12.8 Å². The van der Waals surface area contributed by atoms with Gasteiger partial charge in [0.05, 0.1) is 16.9 Å². The maximum absolute atomic E-state index is 13.0. The van der Waals surface area contributed by atoms with Crippen molar-refractivity contribution in [3.63, 3.8) is 0 Å². The number of nitrogens with zero attached hydrogens (tertiary/aromatic N) is 3.